The van der Waals surface area contributed by atoms with Crippen LogP contribution in [0.3, 0.4) is 0 Å². The van der Waals surface area contributed by atoms with Crippen LogP contribution in [0.15, 0.2) is 48.5 Å². The topological polar surface area (TPSA) is 50.8 Å². The summed E-state index contributed by atoms with van der Waals surface area (Å²) in [7, 11) is 0. The van der Waals surface area contributed by atoms with Crippen LogP contribution in [0.2, 0.25) is 5.02 Å². The average molecular weight is 375 g/mol. The first kappa shape index (κ1) is 18.7. The van der Waals surface area contributed by atoms with Crippen LogP contribution in [-0.4, -0.2) is 43.7 Å². The Morgan fingerprint density at radius 3 is 2.69 bits per heavy atom. The van der Waals surface area contributed by atoms with E-state index in [4.69, 9.17) is 21.1 Å². The van der Waals surface area contributed by atoms with Crippen LogP contribution >= 0.6 is 11.6 Å². The third-order valence-electron chi connectivity index (χ3n) is 4.19. The molecule has 0 atom stereocenters. The van der Waals surface area contributed by atoms with E-state index in [0.29, 0.717) is 17.3 Å². The maximum Gasteiger partial charge on any atom is 0.258 e. The summed E-state index contributed by atoms with van der Waals surface area (Å²) >= 11 is 6.01. The van der Waals surface area contributed by atoms with Crippen molar-refractivity contribution in [3.05, 3.63) is 64.7 Å². The van der Waals surface area contributed by atoms with Gasteiger partial charge in [-0.3, -0.25) is 9.69 Å². The number of amides is 1. The molecule has 0 saturated carbocycles. The number of nitrogens with one attached hydrogen (secondary N) is 1. The molecule has 0 radical (unpaired) electrons. The molecule has 0 spiro atoms. The molecule has 138 valence electrons. The van der Waals surface area contributed by atoms with Gasteiger partial charge in [0.25, 0.3) is 5.91 Å². The third-order valence-corrected chi connectivity index (χ3v) is 4.50. The van der Waals surface area contributed by atoms with E-state index in [2.05, 4.69) is 22.3 Å². The molecule has 2 aromatic rings. The van der Waals surface area contributed by atoms with Gasteiger partial charge in [0.2, 0.25) is 0 Å². The van der Waals surface area contributed by atoms with Crippen molar-refractivity contribution < 1.29 is 14.3 Å². The summed E-state index contributed by atoms with van der Waals surface area (Å²) in [6.45, 7) is 4.82. The Balaban J connectivity index is 1.45. The highest BCUT2D eigenvalue weighted by Crippen LogP contribution is 2.22. The number of morpholine rings is 1. The van der Waals surface area contributed by atoms with E-state index in [0.717, 1.165) is 38.4 Å². The van der Waals surface area contributed by atoms with Gasteiger partial charge in [-0.1, -0.05) is 48.0 Å². The van der Waals surface area contributed by atoms with Crippen molar-refractivity contribution in [1.29, 1.82) is 0 Å². The van der Waals surface area contributed by atoms with E-state index in [1.54, 1.807) is 12.1 Å². The largest absolute Gasteiger partial charge is 0.482 e. The molecule has 1 amide bonds. The minimum Gasteiger partial charge on any atom is -0.482 e. The van der Waals surface area contributed by atoms with Crippen LogP contribution < -0.4 is 10.1 Å². The highest BCUT2D eigenvalue weighted by Gasteiger charge is 2.11. The fraction of sp³-hybridized carbons (Fsp3) is 0.350. The molecule has 0 bridgehead atoms. The number of carbonyl (C=O) groups excluding carboxylic acids is 1. The van der Waals surface area contributed by atoms with Gasteiger partial charge in [0, 0.05) is 26.2 Å². The zero-order valence-electron chi connectivity index (χ0n) is 14.6. The lowest BCUT2D eigenvalue weighted by molar-refractivity contribution is -0.123. The predicted molar refractivity (Wildman–Crippen MR) is 101 cm³/mol. The Hall–Kier alpha value is -2.08. The van der Waals surface area contributed by atoms with E-state index in [-0.39, 0.29) is 12.5 Å². The van der Waals surface area contributed by atoms with Gasteiger partial charge in [-0.25, -0.2) is 0 Å². The number of para-hydroxylation sites is 1. The number of ether oxygens (including phenoxy) is 2. The molecule has 2 aromatic carbocycles. The Morgan fingerprint density at radius 1 is 1.12 bits per heavy atom. The maximum absolute atomic E-state index is 12.0. The number of benzene rings is 2. The number of nitrogens with zero attached hydrogens (tertiary/aromatic N) is 1. The van der Waals surface area contributed by atoms with Gasteiger partial charge >= 0.3 is 0 Å². The first-order chi connectivity index (χ1) is 12.7. The number of rotatable bonds is 7. The van der Waals surface area contributed by atoms with Crippen LogP contribution in [-0.2, 0) is 22.6 Å². The van der Waals surface area contributed by atoms with Crippen molar-refractivity contribution >= 4 is 17.5 Å². The average Bonchev–Trinajstić information content (AvgIpc) is 2.67. The van der Waals surface area contributed by atoms with Gasteiger partial charge in [-0.2, -0.15) is 0 Å². The van der Waals surface area contributed by atoms with Crippen molar-refractivity contribution in [2.75, 3.05) is 32.9 Å². The second-order valence-corrected chi connectivity index (χ2v) is 6.61. The lowest BCUT2D eigenvalue weighted by Gasteiger charge is -2.26. The Morgan fingerprint density at radius 2 is 1.88 bits per heavy atom. The Bertz CT molecular complexity index is 733. The molecule has 1 fully saturated rings. The summed E-state index contributed by atoms with van der Waals surface area (Å²) in [4.78, 5) is 14.4. The second-order valence-electron chi connectivity index (χ2n) is 6.20. The number of carbonyl (C=O) groups is 1. The van der Waals surface area contributed by atoms with Crippen LogP contribution in [0.1, 0.15) is 11.1 Å². The summed E-state index contributed by atoms with van der Waals surface area (Å²) in [5.74, 6) is 0.334. The summed E-state index contributed by atoms with van der Waals surface area (Å²) in [5, 5.41) is 3.38. The number of hydrogen-bond donors (Lipinski definition) is 1. The number of hydrogen-bond acceptors (Lipinski definition) is 4. The summed E-state index contributed by atoms with van der Waals surface area (Å²) in [6.07, 6.45) is 0. The molecule has 3 rings (SSSR count). The highest BCUT2D eigenvalue weighted by atomic mass is 35.5. The van der Waals surface area contributed by atoms with Gasteiger partial charge in [0.1, 0.15) is 5.75 Å². The van der Waals surface area contributed by atoms with E-state index in [1.807, 2.05) is 24.3 Å². The van der Waals surface area contributed by atoms with Crippen molar-refractivity contribution in [1.82, 2.24) is 10.2 Å². The van der Waals surface area contributed by atoms with Crippen molar-refractivity contribution in [2.24, 2.45) is 0 Å². The molecule has 26 heavy (non-hydrogen) atoms. The van der Waals surface area contributed by atoms with Gasteiger partial charge in [-0.05, 0) is 23.3 Å². The van der Waals surface area contributed by atoms with Gasteiger partial charge in [-0.15, -0.1) is 0 Å². The standard InChI is InChI=1S/C20H23ClN2O3/c21-18-6-1-2-7-19(18)26-15-20(24)22-13-16-4-3-5-17(12-16)14-23-8-10-25-11-9-23/h1-7,12H,8-11,13-15H2,(H,22,24). The normalized spacial score (nSPS) is 14.8. The van der Waals surface area contributed by atoms with E-state index < -0.39 is 0 Å². The Kier molecular flexibility index (Phi) is 6.89. The smallest absolute Gasteiger partial charge is 0.258 e. The van der Waals surface area contributed by atoms with E-state index in [9.17, 15) is 4.79 Å². The molecule has 1 saturated heterocycles. The zero-order valence-corrected chi connectivity index (χ0v) is 15.4. The molecular formula is C20H23ClN2O3. The Labute approximate surface area is 158 Å². The molecule has 6 heteroatoms. The fourth-order valence-corrected chi connectivity index (χ4v) is 3.00. The zero-order chi connectivity index (χ0) is 18.2. The molecule has 1 aliphatic rings. The SMILES string of the molecule is O=C(COc1ccccc1Cl)NCc1cccc(CN2CCOCC2)c1. The monoisotopic (exact) mass is 374 g/mol. The molecule has 5 nitrogen and oxygen atoms in total. The molecule has 0 aromatic heterocycles. The van der Waals surface area contributed by atoms with Gasteiger partial charge in [0.05, 0.1) is 18.2 Å². The highest BCUT2D eigenvalue weighted by molar-refractivity contribution is 6.32. The number of halogens is 1. The fourth-order valence-electron chi connectivity index (χ4n) is 2.81. The summed E-state index contributed by atoms with van der Waals surface area (Å²) in [5.41, 5.74) is 2.31. The van der Waals surface area contributed by atoms with E-state index >= 15 is 0 Å². The predicted octanol–water partition coefficient (Wildman–Crippen LogP) is 2.87. The van der Waals surface area contributed by atoms with Crippen molar-refractivity contribution in [3.8, 4) is 5.75 Å². The summed E-state index contributed by atoms with van der Waals surface area (Å²) in [6, 6.07) is 15.4. The van der Waals surface area contributed by atoms with Crippen LogP contribution in [0.5, 0.6) is 5.75 Å². The minimum atomic E-state index is -0.177. The third kappa shape index (κ3) is 5.73. The lowest BCUT2D eigenvalue weighted by Crippen LogP contribution is -2.35. The van der Waals surface area contributed by atoms with Crippen molar-refractivity contribution in [3.63, 3.8) is 0 Å². The molecule has 1 aliphatic heterocycles. The minimum absolute atomic E-state index is 0.0583. The summed E-state index contributed by atoms with van der Waals surface area (Å²) < 4.78 is 10.8. The molecule has 1 N–H and O–H groups in total. The first-order valence-electron chi connectivity index (χ1n) is 8.72. The molecular weight excluding hydrogens is 352 g/mol. The van der Waals surface area contributed by atoms with Crippen LogP contribution in [0.25, 0.3) is 0 Å². The quantitative estimate of drug-likeness (QED) is 0.809. The lowest BCUT2D eigenvalue weighted by atomic mass is 10.1. The second kappa shape index (κ2) is 9.57. The molecule has 1 heterocycles. The first-order valence-corrected chi connectivity index (χ1v) is 9.10. The van der Waals surface area contributed by atoms with E-state index in [1.165, 1.54) is 5.56 Å². The molecule has 0 unspecified atom stereocenters. The van der Waals surface area contributed by atoms with Crippen molar-refractivity contribution in [2.45, 2.75) is 13.1 Å². The van der Waals surface area contributed by atoms with Gasteiger partial charge in [0.15, 0.2) is 6.61 Å². The van der Waals surface area contributed by atoms with Gasteiger partial charge < -0.3 is 14.8 Å². The maximum atomic E-state index is 12.0. The van der Waals surface area contributed by atoms with Crippen LogP contribution in [0, 0.1) is 0 Å². The van der Waals surface area contributed by atoms with Crippen LogP contribution in [0.4, 0.5) is 0 Å². The molecule has 0 aliphatic carbocycles.